The zero-order valence-electron chi connectivity index (χ0n) is 15.0. The first-order chi connectivity index (χ1) is 13.4. The number of amides is 1. The van der Waals surface area contributed by atoms with Crippen molar-refractivity contribution in [2.45, 2.75) is 35.9 Å². The van der Waals surface area contributed by atoms with Gasteiger partial charge in [-0.25, -0.2) is 13.1 Å². The second-order valence-corrected chi connectivity index (χ2v) is 11.3. The van der Waals surface area contributed by atoms with Crippen molar-refractivity contribution in [1.82, 2.24) is 4.72 Å². The van der Waals surface area contributed by atoms with E-state index in [2.05, 4.69) is 10.0 Å². The minimum Gasteiger partial charge on any atom is -0.325 e. The van der Waals surface area contributed by atoms with Gasteiger partial charge in [-0.3, -0.25) is 4.79 Å². The number of halogens is 2. The van der Waals surface area contributed by atoms with Gasteiger partial charge >= 0.3 is 0 Å². The summed E-state index contributed by atoms with van der Waals surface area (Å²) in [5, 5.41) is 2.79. The molecule has 3 unspecified atom stereocenters. The van der Waals surface area contributed by atoms with Gasteiger partial charge in [0.1, 0.15) is 10.1 Å². The summed E-state index contributed by atoms with van der Waals surface area (Å²) in [7, 11) is -3.58. The van der Waals surface area contributed by atoms with Crippen molar-refractivity contribution in [3.05, 3.63) is 45.8 Å². The maximum absolute atomic E-state index is 12.8. The molecule has 4 rings (SSSR count). The Bertz CT molecular complexity index is 1010. The van der Waals surface area contributed by atoms with Gasteiger partial charge in [0.15, 0.2) is 0 Å². The number of carbonyl (C=O) groups is 1. The summed E-state index contributed by atoms with van der Waals surface area (Å²) in [6, 6.07) is 8.97. The molecule has 28 heavy (non-hydrogen) atoms. The van der Waals surface area contributed by atoms with Gasteiger partial charge in [-0.15, -0.1) is 22.9 Å². The fourth-order valence-electron chi connectivity index (χ4n) is 4.35. The normalized spacial score (nSPS) is 23.9. The van der Waals surface area contributed by atoms with E-state index in [1.807, 2.05) is 18.2 Å². The first-order valence-electron chi connectivity index (χ1n) is 9.11. The minimum atomic E-state index is -3.58. The lowest BCUT2D eigenvalue weighted by molar-refractivity contribution is -0.113. The number of sulfonamides is 1. The van der Waals surface area contributed by atoms with Crippen LogP contribution in [0.3, 0.4) is 0 Å². The summed E-state index contributed by atoms with van der Waals surface area (Å²) < 4.78 is 29.3. The first-order valence-corrected chi connectivity index (χ1v) is 12.3. The van der Waals surface area contributed by atoms with Gasteiger partial charge in [-0.1, -0.05) is 17.7 Å². The second-order valence-electron chi connectivity index (χ2n) is 7.38. The molecule has 3 atom stereocenters. The largest absolute Gasteiger partial charge is 0.325 e. The predicted octanol–water partition coefficient (Wildman–Crippen LogP) is 4.05. The molecule has 2 bridgehead atoms. The highest BCUT2D eigenvalue weighted by molar-refractivity contribution is 7.91. The molecule has 1 heterocycles. The third-order valence-corrected chi connectivity index (χ3v) is 9.03. The lowest BCUT2D eigenvalue weighted by atomic mass is 9.93. The molecule has 1 aromatic carbocycles. The molecule has 0 aliphatic heterocycles. The molecule has 2 aromatic rings. The van der Waals surface area contributed by atoms with E-state index in [1.165, 1.54) is 11.1 Å². The van der Waals surface area contributed by atoms with E-state index in [0.717, 1.165) is 42.7 Å². The Morgan fingerprint density at radius 1 is 1.11 bits per heavy atom. The number of carbonyl (C=O) groups excluding carboxylic acids is 1. The predicted molar refractivity (Wildman–Crippen MR) is 113 cm³/mol. The van der Waals surface area contributed by atoms with Crippen LogP contribution >= 0.6 is 34.5 Å². The van der Waals surface area contributed by atoms with Crippen LogP contribution in [0.25, 0.3) is 0 Å². The number of alkyl halides is 1. The Balaban J connectivity index is 1.56. The van der Waals surface area contributed by atoms with Crippen molar-refractivity contribution in [3.8, 4) is 0 Å². The van der Waals surface area contributed by atoms with E-state index in [1.54, 1.807) is 12.1 Å². The van der Waals surface area contributed by atoms with Crippen LogP contribution in [0.2, 0.25) is 4.34 Å². The van der Waals surface area contributed by atoms with Crippen LogP contribution in [0.15, 0.2) is 34.5 Å². The molecule has 1 fully saturated rings. The van der Waals surface area contributed by atoms with Crippen molar-refractivity contribution >= 4 is 56.2 Å². The van der Waals surface area contributed by atoms with Crippen LogP contribution in [0.1, 0.15) is 24.0 Å². The Hall–Kier alpha value is -1.12. The van der Waals surface area contributed by atoms with Crippen molar-refractivity contribution < 1.29 is 13.2 Å². The molecule has 150 valence electrons. The van der Waals surface area contributed by atoms with Gasteiger partial charge in [0, 0.05) is 11.7 Å². The van der Waals surface area contributed by atoms with Crippen LogP contribution in [-0.4, -0.2) is 26.2 Å². The van der Waals surface area contributed by atoms with E-state index in [-0.39, 0.29) is 33.9 Å². The quantitative estimate of drug-likeness (QED) is 0.663. The highest BCUT2D eigenvalue weighted by Crippen LogP contribution is 2.41. The Labute approximate surface area is 178 Å². The summed E-state index contributed by atoms with van der Waals surface area (Å²) in [5.41, 5.74) is 3.12. The molecule has 0 spiro atoms. The fourth-order valence-corrected chi connectivity index (χ4v) is 7.29. The molecular weight excluding hydrogens is 439 g/mol. The molecule has 1 saturated carbocycles. The molecule has 2 N–H and O–H groups in total. The van der Waals surface area contributed by atoms with Crippen molar-refractivity contribution in [1.29, 1.82) is 0 Å². The standard InChI is InChI=1S/C19H20Cl2N2O3S2/c20-10-17(24)22-15-4-3-11-7-12-1-2-13(8-14(11)9-15)19(12)23-28(25,26)18-6-5-16(21)27-18/h3-6,9,12-13,19,23H,1-2,7-8,10H2,(H,22,24). The number of hydrogen-bond donors (Lipinski definition) is 2. The van der Waals surface area contributed by atoms with Crippen molar-refractivity contribution in [2.75, 3.05) is 11.2 Å². The van der Waals surface area contributed by atoms with E-state index in [9.17, 15) is 13.2 Å². The summed E-state index contributed by atoms with van der Waals surface area (Å²) in [6.45, 7) is 0. The van der Waals surface area contributed by atoms with E-state index in [0.29, 0.717) is 4.34 Å². The molecular formula is C19H20Cl2N2O3S2. The molecule has 2 aliphatic rings. The van der Waals surface area contributed by atoms with E-state index < -0.39 is 10.0 Å². The van der Waals surface area contributed by atoms with E-state index >= 15 is 0 Å². The number of nitrogens with one attached hydrogen (secondary N) is 2. The van der Waals surface area contributed by atoms with Gasteiger partial charge in [0.05, 0.1) is 4.34 Å². The zero-order chi connectivity index (χ0) is 19.9. The maximum atomic E-state index is 12.8. The smallest absolute Gasteiger partial charge is 0.250 e. The third kappa shape index (κ3) is 4.09. The van der Waals surface area contributed by atoms with Crippen LogP contribution in [0.5, 0.6) is 0 Å². The monoisotopic (exact) mass is 458 g/mol. The van der Waals surface area contributed by atoms with Gasteiger partial charge in [0.25, 0.3) is 0 Å². The summed E-state index contributed by atoms with van der Waals surface area (Å²) in [4.78, 5) is 11.6. The van der Waals surface area contributed by atoms with Gasteiger partial charge in [-0.05, 0) is 72.9 Å². The summed E-state index contributed by atoms with van der Waals surface area (Å²) in [5.74, 6) is 0.172. The molecule has 0 saturated heterocycles. The number of benzene rings is 1. The summed E-state index contributed by atoms with van der Waals surface area (Å²) >= 11 is 12.6. The average Bonchev–Trinajstić information content (AvgIpc) is 3.19. The fraction of sp³-hybridized carbons (Fsp3) is 0.421. The van der Waals surface area contributed by atoms with Gasteiger partial charge in [0.2, 0.25) is 15.9 Å². The Morgan fingerprint density at radius 3 is 2.46 bits per heavy atom. The van der Waals surface area contributed by atoms with Crippen LogP contribution in [-0.2, 0) is 27.7 Å². The van der Waals surface area contributed by atoms with Crippen LogP contribution < -0.4 is 10.0 Å². The van der Waals surface area contributed by atoms with Crippen LogP contribution in [0.4, 0.5) is 5.69 Å². The van der Waals surface area contributed by atoms with Crippen LogP contribution in [0, 0.1) is 11.8 Å². The molecule has 5 nitrogen and oxygen atoms in total. The average molecular weight is 459 g/mol. The number of fused-ring (bicyclic) bond motifs is 3. The maximum Gasteiger partial charge on any atom is 0.250 e. The highest BCUT2D eigenvalue weighted by atomic mass is 35.5. The van der Waals surface area contributed by atoms with Gasteiger partial charge < -0.3 is 5.32 Å². The van der Waals surface area contributed by atoms with Crippen molar-refractivity contribution in [3.63, 3.8) is 0 Å². The molecule has 2 aliphatic carbocycles. The molecule has 9 heteroatoms. The second kappa shape index (κ2) is 7.95. The Kier molecular flexibility index (Phi) is 5.73. The Morgan fingerprint density at radius 2 is 1.82 bits per heavy atom. The number of thiophene rings is 1. The SMILES string of the molecule is O=C(CCl)Nc1ccc2c(c1)CC1CCC(C2)C1NS(=O)(=O)c1ccc(Cl)s1. The number of rotatable bonds is 5. The molecule has 0 radical (unpaired) electrons. The third-order valence-electron chi connectivity index (χ3n) is 5.60. The first kappa shape index (κ1) is 20.2. The minimum absolute atomic E-state index is 0.0849. The topological polar surface area (TPSA) is 75.3 Å². The van der Waals surface area contributed by atoms with Crippen molar-refractivity contribution in [2.24, 2.45) is 11.8 Å². The summed E-state index contributed by atoms with van der Waals surface area (Å²) in [6.07, 6.45) is 3.61. The number of hydrogen-bond acceptors (Lipinski definition) is 4. The van der Waals surface area contributed by atoms with Gasteiger partial charge in [-0.2, -0.15) is 0 Å². The highest BCUT2D eigenvalue weighted by Gasteiger charge is 2.41. The molecule has 1 amide bonds. The molecule has 1 aromatic heterocycles. The lowest BCUT2D eigenvalue weighted by Crippen LogP contribution is -2.41. The van der Waals surface area contributed by atoms with E-state index in [4.69, 9.17) is 23.2 Å². The number of anilines is 1. The zero-order valence-corrected chi connectivity index (χ0v) is 18.1. The lowest BCUT2D eigenvalue weighted by Gasteiger charge is -2.23.